The fraction of sp³-hybridized carbons (Fsp3) is 0.606. The minimum absolute atomic E-state index is 0.000391. The van der Waals surface area contributed by atoms with Gasteiger partial charge in [0.05, 0.1) is 18.5 Å². The Bertz CT molecular complexity index is 1520. The monoisotopic (exact) mass is 584 g/mol. The van der Waals surface area contributed by atoms with E-state index >= 15 is 0 Å². The number of hydrogen-bond donors (Lipinski definition) is 1. The van der Waals surface area contributed by atoms with Gasteiger partial charge in [-0.1, -0.05) is 23.8 Å². The Hall–Kier alpha value is -3.71. The van der Waals surface area contributed by atoms with Gasteiger partial charge in [-0.2, -0.15) is 10.4 Å². The number of carbonyl (C=O) groups excluding carboxylic acids is 3. The summed E-state index contributed by atoms with van der Waals surface area (Å²) in [4.78, 5) is 45.7. The third kappa shape index (κ3) is 4.82. The van der Waals surface area contributed by atoms with Crippen LogP contribution < -0.4 is 10.2 Å². The second kappa shape index (κ2) is 10.8. The standard InChI is InChI=1S/C33H40N6O4/c1-4-37-31-28(27(20-7-8-20)29(32(37)41)35-26(40)16-21-6-5-18(2)13-19(21)3)30(36-39(31)23-9-11-43-12-10-23)33(42)38-24(17-34)14-22-15-25(22)38/h5-6,13,20,22-25,27,29H,4,7-12,14-16H2,1-3H3,(H,35,40)/t22-,24-,25+,27-,29-/m0/s1. The quantitative estimate of drug-likeness (QED) is 0.531. The fourth-order valence-electron chi connectivity index (χ4n) is 7.80. The van der Waals surface area contributed by atoms with Gasteiger partial charge in [-0.15, -0.1) is 0 Å². The van der Waals surface area contributed by atoms with Gasteiger partial charge in [-0.05, 0) is 82.3 Å². The van der Waals surface area contributed by atoms with Gasteiger partial charge in [0.1, 0.15) is 17.9 Å². The van der Waals surface area contributed by atoms with E-state index in [9.17, 15) is 19.6 Å². The highest BCUT2D eigenvalue weighted by Gasteiger charge is 2.57. The van der Waals surface area contributed by atoms with E-state index in [-0.39, 0.29) is 48.1 Å². The number of amides is 3. The first kappa shape index (κ1) is 28.1. The molecule has 4 heterocycles. The van der Waals surface area contributed by atoms with Crippen LogP contribution in [0.5, 0.6) is 0 Å². The average Bonchev–Trinajstić information content (AvgIpc) is 3.92. The van der Waals surface area contributed by atoms with Crippen LogP contribution in [0, 0.1) is 37.0 Å². The zero-order valence-electron chi connectivity index (χ0n) is 25.2. The first-order valence-electron chi connectivity index (χ1n) is 15.9. The van der Waals surface area contributed by atoms with Crippen LogP contribution >= 0.6 is 0 Å². The zero-order chi connectivity index (χ0) is 30.0. The number of hydrogen-bond acceptors (Lipinski definition) is 6. The van der Waals surface area contributed by atoms with Crippen LogP contribution in [0.2, 0.25) is 0 Å². The number of piperidine rings is 1. The molecule has 226 valence electrons. The van der Waals surface area contributed by atoms with Gasteiger partial charge in [0.25, 0.3) is 11.8 Å². The Balaban J connectivity index is 1.30. The highest BCUT2D eigenvalue weighted by Crippen LogP contribution is 2.53. The van der Waals surface area contributed by atoms with Gasteiger partial charge in [-0.3, -0.25) is 19.3 Å². The summed E-state index contributed by atoms with van der Waals surface area (Å²) in [5, 5.41) is 18.1. The number of likely N-dealkylation sites (N-methyl/N-ethyl adjacent to an activating group) is 1. The van der Waals surface area contributed by atoms with Gasteiger partial charge in [0.2, 0.25) is 5.91 Å². The molecule has 2 saturated carbocycles. The number of carbonyl (C=O) groups is 3. The van der Waals surface area contributed by atoms with Gasteiger partial charge >= 0.3 is 0 Å². The molecule has 0 bridgehead atoms. The van der Waals surface area contributed by atoms with E-state index in [4.69, 9.17) is 9.84 Å². The van der Waals surface area contributed by atoms with Crippen LogP contribution in [0.25, 0.3) is 0 Å². The van der Waals surface area contributed by atoms with Crippen molar-refractivity contribution >= 4 is 23.5 Å². The number of aryl methyl sites for hydroxylation is 2. The fourth-order valence-corrected chi connectivity index (χ4v) is 7.80. The van der Waals surface area contributed by atoms with Crippen molar-refractivity contribution in [2.45, 2.75) is 95.8 Å². The molecule has 0 spiro atoms. The molecule has 10 nitrogen and oxygen atoms in total. The van der Waals surface area contributed by atoms with Crippen molar-refractivity contribution in [3.05, 3.63) is 46.1 Å². The SMILES string of the molecule is CCN1C(=O)[C@@H](NC(=O)Cc2ccc(C)cc2C)[C@@H](C2CC2)c2c(C(=O)N3[C@H](C#N)C[C@H]4C[C@H]43)nn(C3CCOCC3)c21. The largest absolute Gasteiger partial charge is 0.381 e. The Kier molecular flexibility index (Phi) is 7.04. The third-order valence-electron chi connectivity index (χ3n) is 10.2. The van der Waals surface area contributed by atoms with Crippen LogP contribution in [0.4, 0.5) is 5.82 Å². The number of likely N-dealkylation sites (tertiary alicyclic amines) is 1. The molecule has 1 aromatic heterocycles. The van der Waals surface area contributed by atoms with Crippen LogP contribution in [0.15, 0.2) is 18.2 Å². The van der Waals surface area contributed by atoms with E-state index in [0.717, 1.165) is 54.4 Å². The maximum Gasteiger partial charge on any atom is 0.276 e. The number of fused-ring (bicyclic) bond motifs is 2. The number of benzene rings is 1. The molecule has 4 fully saturated rings. The lowest BCUT2D eigenvalue weighted by Crippen LogP contribution is -2.56. The van der Waals surface area contributed by atoms with Crippen LogP contribution in [-0.4, -0.2) is 70.3 Å². The first-order chi connectivity index (χ1) is 20.8. The molecule has 5 aliphatic rings. The summed E-state index contributed by atoms with van der Waals surface area (Å²) in [7, 11) is 0. The summed E-state index contributed by atoms with van der Waals surface area (Å²) < 4.78 is 7.55. The Morgan fingerprint density at radius 1 is 1.12 bits per heavy atom. The topological polar surface area (TPSA) is 121 Å². The van der Waals surface area contributed by atoms with E-state index in [1.165, 1.54) is 0 Å². The molecule has 0 unspecified atom stereocenters. The van der Waals surface area contributed by atoms with Gasteiger partial charge in [-0.25, -0.2) is 4.68 Å². The summed E-state index contributed by atoms with van der Waals surface area (Å²) in [5.74, 6) is 0.336. The Morgan fingerprint density at radius 2 is 1.88 bits per heavy atom. The smallest absolute Gasteiger partial charge is 0.276 e. The van der Waals surface area contributed by atoms with Gasteiger partial charge in [0.15, 0.2) is 5.69 Å². The minimum atomic E-state index is -0.781. The molecular formula is C33H40N6O4. The average molecular weight is 585 g/mol. The third-order valence-corrected chi connectivity index (χ3v) is 10.2. The molecule has 43 heavy (non-hydrogen) atoms. The highest BCUT2D eigenvalue weighted by molar-refractivity contribution is 6.06. The highest BCUT2D eigenvalue weighted by atomic mass is 16.5. The molecule has 7 rings (SSSR count). The van der Waals surface area contributed by atoms with E-state index in [1.54, 1.807) is 9.80 Å². The number of ether oxygens (including phenoxy) is 1. The van der Waals surface area contributed by atoms with Crippen LogP contribution in [0.1, 0.15) is 90.2 Å². The number of aromatic nitrogens is 2. The van der Waals surface area contributed by atoms with Crippen molar-refractivity contribution in [2.75, 3.05) is 24.7 Å². The van der Waals surface area contributed by atoms with Crippen LogP contribution in [0.3, 0.4) is 0 Å². The molecule has 2 aliphatic carbocycles. The molecule has 2 aromatic rings. The van der Waals surface area contributed by atoms with Gasteiger partial charge in [0, 0.05) is 37.3 Å². The number of nitrogens with one attached hydrogen (secondary N) is 1. The predicted molar refractivity (Wildman–Crippen MR) is 158 cm³/mol. The van der Waals surface area contributed by atoms with Crippen molar-refractivity contribution < 1.29 is 19.1 Å². The van der Waals surface area contributed by atoms with Crippen LogP contribution in [-0.2, 0) is 20.7 Å². The molecule has 5 atom stereocenters. The number of anilines is 1. The van der Waals surface area contributed by atoms with Crippen molar-refractivity contribution in [1.82, 2.24) is 20.0 Å². The summed E-state index contributed by atoms with van der Waals surface area (Å²) in [6.45, 7) is 7.54. The van der Waals surface area contributed by atoms with E-state index in [0.29, 0.717) is 43.6 Å². The Labute approximate surface area is 252 Å². The van der Waals surface area contributed by atoms with Crippen molar-refractivity contribution in [1.29, 1.82) is 5.26 Å². The second-order valence-corrected chi connectivity index (χ2v) is 13.1. The lowest BCUT2D eigenvalue weighted by atomic mass is 9.82. The molecule has 1 N–H and O–H groups in total. The number of rotatable bonds is 7. The molecule has 2 saturated heterocycles. The van der Waals surface area contributed by atoms with Gasteiger partial charge < -0.3 is 15.0 Å². The first-order valence-corrected chi connectivity index (χ1v) is 15.9. The summed E-state index contributed by atoms with van der Waals surface area (Å²) in [6, 6.07) is 7.23. The molecular weight excluding hydrogens is 544 g/mol. The number of nitriles is 1. The normalized spacial score (nSPS) is 28.3. The summed E-state index contributed by atoms with van der Waals surface area (Å²) >= 11 is 0. The molecule has 3 amide bonds. The number of nitrogens with zero attached hydrogens (tertiary/aromatic N) is 5. The lowest BCUT2D eigenvalue weighted by Gasteiger charge is -2.39. The summed E-state index contributed by atoms with van der Waals surface area (Å²) in [6.07, 6.45) is 5.16. The molecule has 10 heteroatoms. The van der Waals surface area contributed by atoms with Crippen molar-refractivity contribution in [2.24, 2.45) is 11.8 Å². The summed E-state index contributed by atoms with van der Waals surface area (Å²) in [5.41, 5.74) is 4.24. The maximum atomic E-state index is 14.4. The molecule has 0 radical (unpaired) electrons. The predicted octanol–water partition coefficient (Wildman–Crippen LogP) is 3.57. The molecule has 1 aromatic carbocycles. The minimum Gasteiger partial charge on any atom is -0.381 e. The maximum absolute atomic E-state index is 14.4. The lowest BCUT2D eigenvalue weighted by molar-refractivity contribution is -0.128. The van der Waals surface area contributed by atoms with E-state index in [2.05, 4.69) is 17.5 Å². The van der Waals surface area contributed by atoms with E-state index in [1.807, 2.05) is 37.6 Å². The van der Waals surface area contributed by atoms with E-state index < -0.39 is 12.1 Å². The molecule has 3 aliphatic heterocycles. The van der Waals surface area contributed by atoms with Crippen molar-refractivity contribution in [3.8, 4) is 6.07 Å². The van der Waals surface area contributed by atoms with Crippen molar-refractivity contribution in [3.63, 3.8) is 0 Å². The zero-order valence-corrected chi connectivity index (χ0v) is 25.2. The second-order valence-electron chi connectivity index (χ2n) is 13.1. The Morgan fingerprint density at radius 3 is 2.56 bits per heavy atom.